The summed E-state index contributed by atoms with van der Waals surface area (Å²) in [5.74, 6) is -0.496. The molecule has 0 aliphatic heterocycles. The van der Waals surface area contributed by atoms with E-state index >= 15 is 0 Å². The Kier molecular flexibility index (Phi) is 5.64. The van der Waals surface area contributed by atoms with Crippen LogP contribution in [0.3, 0.4) is 0 Å². The molecule has 0 saturated carbocycles. The van der Waals surface area contributed by atoms with E-state index in [1.165, 1.54) is 16.9 Å². The van der Waals surface area contributed by atoms with Crippen molar-refractivity contribution in [2.45, 2.75) is 13.0 Å². The van der Waals surface area contributed by atoms with E-state index in [2.05, 4.69) is 20.5 Å². The zero-order valence-corrected chi connectivity index (χ0v) is 17.6. The lowest BCUT2D eigenvalue weighted by atomic mass is 10.1. The minimum absolute atomic E-state index is 0.0234. The maximum absolute atomic E-state index is 13.1. The zero-order valence-electron chi connectivity index (χ0n) is 16.9. The van der Waals surface area contributed by atoms with Crippen molar-refractivity contribution in [3.63, 3.8) is 0 Å². The fraction of sp³-hybridized carbons (Fsp3) is 0.136. The predicted molar refractivity (Wildman–Crippen MR) is 117 cm³/mol. The van der Waals surface area contributed by atoms with E-state index in [0.717, 1.165) is 11.1 Å². The number of carbonyl (C=O) groups is 1. The van der Waals surface area contributed by atoms with E-state index in [0.29, 0.717) is 16.4 Å². The molecule has 8 nitrogen and oxygen atoms in total. The second kappa shape index (κ2) is 8.53. The van der Waals surface area contributed by atoms with E-state index in [-0.39, 0.29) is 11.6 Å². The molecule has 3 heterocycles. The number of nitrogens with zero attached hydrogens (tertiary/aromatic N) is 5. The van der Waals surface area contributed by atoms with E-state index in [4.69, 9.17) is 11.6 Å². The molecule has 1 amide bonds. The van der Waals surface area contributed by atoms with Gasteiger partial charge in [-0.3, -0.25) is 19.3 Å². The molecule has 0 fully saturated rings. The van der Waals surface area contributed by atoms with Gasteiger partial charge in [-0.15, -0.1) is 0 Å². The number of rotatable bonds is 5. The van der Waals surface area contributed by atoms with E-state index < -0.39 is 11.5 Å². The Hall–Kier alpha value is -3.78. The largest absolute Gasteiger partial charge is 0.345 e. The molecule has 0 unspecified atom stereocenters. The molecule has 0 saturated heterocycles. The maximum Gasteiger partial charge on any atom is 0.284 e. The molecule has 0 aliphatic carbocycles. The van der Waals surface area contributed by atoms with Crippen LogP contribution in [0.1, 0.15) is 28.9 Å². The van der Waals surface area contributed by atoms with Crippen LogP contribution < -0.4 is 10.9 Å². The number of pyridine rings is 1. The first kappa shape index (κ1) is 20.5. The molecule has 1 aromatic carbocycles. The van der Waals surface area contributed by atoms with Gasteiger partial charge in [-0.05, 0) is 42.8 Å². The molecule has 0 aliphatic rings. The second-order valence-corrected chi connectivity index (χ2v) is 7.45. The van der Waals surface area contributed by atoms with Gasteiger partial charge in [-0.1, -0.05) is 23.7 Å². The van der Waals surface area contributed by atoms with Gasteiger partial charge in [-0.25, -0.2) is 0 Å². The third kappa shape index (κ3) is 4.39. The summed E-state index contributed by atoms with van der Waals surface area (Å²) in [7, 11) is 1.74. The van der Waals surface area contributed by atoms with Crippen LogP contribution in [-0.2, 0) is 7.05 Å². The molecule has 4 aromatic rings. The lowest BCUT2D eigenvalue weighted by Gasteiger charge is -2.15. The summed E-state index contributed by atoms with van der Waals surface area (Å²) in [6.07, 6.45) is 6.47. The summed E-state index contributed by atoms with van der Waals surface area (Å²) < 4.78 is 2.74. The molecule has 3 aromatic heterocycles. The number of aromatic nitrogens is 5. The first-order valence-corrected chi connectivity index (χ1v) is 9.90. The van der Waals surface area contributed by atoms with E-state index in [9.17, 15) is 9.59 Å². The van der Waals surface area contributed by atoms with Crippen molar-refractivity contribution in [3.05, 3.63) is 93.8 Å². The highest BCUT2D eigenvalue weighted by molar-refractivity contribution is 6.30. The average Bonchev–Trinajstić information content (AvgIpc) is 3.21. The van der Waals surface area contributed by atoms with Crippen molar-refractivity contribution < 1.29 is 4.79 Å². The Morgan fingerprint density at radius 1 is 1.13 bits per heavy atom. The Labute approximate surface area is 183 Å². The average molecular weight is 435 g/mol. The van der Waals surface area contributed by atoms with Gasteiger partial charge in [0.05, 0.1) is 24.1 Å². The summed E-state index contributed by atoms with van der Waals surface area (Å²) in [5, 5.41) is 12.0. The first-order valence-electron chi connectivity index (χ1n) is 9.52. The normalized spacial score (nSPS) is 11.8. The highest BCUT2D eigenvalue weighted by Crippen LogP contribution is 2.21. The van der Waals surface area contributed by atoms with Gasteiger partial charge in [0.25, 0.3) is 11.5 Å². The predicted octanol–water partition coefficient (Wildman–Crippen LogP) is 3.17. The van der Waals surface area contributed by atoms with Crippen LogP contribution in [0.2, 0.25) is 5.02 Å². The molecular weight excluding hydrogens is 416 g/mol. The number of benzene rings is 1. The minimum Gasteiger partial charge on any atom is -0.345 e. The van der Waals surface area contributed by atoms with Gasteiger partial charge in [0, 0.05) is 30.0 Å². The molecule has 31 heavy (non-hydrogen) atoms. The standard InChI is InChI=1S/C22H19ClN6O2/c1-14(15-7-9-24-10-8-15)26-21(30)19-11-20(16-3-5-17(23)6-4-16)27-29(22(19)31)18-12-25-28(2)13-18/h3-14H,1-2H3,(H,26,30)/t14-/m0/s1. The van der Waals surface area contributed by atoms with Crippen molar-refractivity contribution in [3.8, 4) is 16.9 Å². The molecule has 1 N–H and O–H groups in total. The quantitative estimate of drug-likeness (QED) is 0.520. The van der Waals surface area contributed by atoms with Gasteiger partial charge in [0.1, 0.15) is 11.3 Å². The van der Waals surface area contributed by atoms with Gasteiger partial charge < -0.3 is 5.32 Å². The van der Waals surface area contributed by atoms with Crippen molar-refractivity contribution in [1.29, 1.82) is 0 Å². The number of hydrogen-bond donors (Lipinski definition) is 1. The molecule has 0 bridgehead atoms. The smallest absolute Gasteiger partial charge is 0.284 e. The van der Waals surface area contributed by atoms with Crippen molar-refractivity contribution >= 4 is 17.5 Å². The van der Waals surface area contributed by atoms with Crippen molar-refractivity contribution in [2.24, 2.45) is 7.05 Å². The topological polar surface area (TPSA) is 94.7 Å². The number of nitrogens with one attached hydrogen (secondary N) is 1. The SMILES string of the molecule is C[C@H](NC(=O)c1cc(-c2ccc(Cl)cc2)nn(-c2cnn(C)c2)c1=O)c1ccncc1. The van der Waals surface area contributed by atoms with Crippen LogP contribution in [-0.4, -0.2) is 30.5 Å². The first-order chi connectivity index (χ1) is 14.9. The molecule has 0 spiro atoms. The molecule has 0 radical (unpaired) electrons. The van der Waals surface area contributed by atoms with Crippen molar-refractivity contribution in [2.75, 3.05) is 0 Å². The Balaban J connectivity index is 1.78. The van der Waals surface area contributed by atoms with E-state index in [1.54, 1.807) is 54.6 Å². The summed E-state index contributed by atoms with van der Waals surface area (Å²) in [5.41, 5.74) is 1.96. The lowest BCUT2D eigenvalue weighted by molar-refractivity contribution is 0.0937. The Bertz CT molecular complexity index is 1280. The summed E-state index contributed by atoms with van der Waals surface area (Å²) in [6.45, 7) is 1.84. The molecular formula is C22H19ClN6O2. The third-order valence-electron chi connectivity index (χ3n) is 4.79. The van der Waals surface area contributed by atoms with Crippen LogP contribution in [0.15, 0.2) is 72.0 Å². The number of halogens is 1. The number of hydrogen-bond acceptors (Lipinski definition) is 5. The fourth-order valence-corrected chi connectivity index (χ4v) is 3.25. The van der Waals surface area contributed by atoms with Gasteiger partial charge >= 0.3 is 0 Å². The number of amides is 1. The number of aryl methyl sites for hydroxylation is 1. The van der Waals surface area contributed by atoms with Crippen LogP contribution in [0.5, 0.6) is 0 Å². The highest BCUT2D eigenvalue weighted by atomic mass is 35.5. The monoisotopic (exact) mass is 434 g/mol. The van der Waals surface area contributed by atoms with Gasteiger partial charge in [0.2, 0.25) is 0 Å². The molecule has 156 valence electrons. The Morgan fingerprint density at radius 3 is 2.48 bits per heavy atom. The number of carbonyl (C=O) groups excluding carboxylic acids is 1. The molecule has 9 heteroatoms. The molecule has 1 atom stereocenters. The maximum atomic E-state index is 13.1. The second-order valence-electron chi connectivity index (χ2n) is 7.02. The van der Waals surface area contributed by atoms with Crippen LogP contribution >= 0.6 is 11.6 Å². The van der Waals surface area contributed by atoms with Crippen LogP contribution in [0.25, 0.3) is 16.9 Å². The highest BCUT2D eigenvalue weighted by Gasteiger charge is 2.20. The lowest BCUT2D eigenvalue weighted by Crippen LogP contribution is -2.35. The summed E-state index contributed by atoms with van der Waals surface area (Å²) >= 11 is 6.00. The third-order valence-corrected chi connectivity index (χ3v) is 5.04. The summed E-state index contributed by atoms with van der Waals surface area (Å²) in [6, 6.07) is 11.8. The van der Waals surface area contributed by atoms with E-state index in [1.807, 2.05) is 19.1 Å². The summed E-state index contributed by atoms with van der Waals surface area (Å²) in [4.78, 5) is 30.2. The fourth-order valence-electron chi connectivity index (χ4n) is 3.12. The van der Waals surface area contributed by atoms with Crippen LogP contribution in [0.4, 0.5) is 0 Å². The Morgan fingerprint density at radius 2 is 1.84 bits per heavy atom. The molecule has 4 rings (SSSR count). The van der Waals surface area contributed by atoms with Crippen molar-refractivity contribution in [1.82, 2.24) is 29.9 Å². The van der Waals surface area contributed by atoms with Crippen LogP contribution in [0, 0.1) is 0 Å². The van der Waals surface area contributed by atoms with Gasteiger partial charge in [-0.2, -0.15) is 14.9 Å². The van der Waals surface area contributed by atoms with Gasteiger partial charge in [0.15, 0.2) is 0 Å². The minimum atomic E-state index is -0.537. The zero-order chi connectivity index (χ0) is 22.0.